The van der Waals surface area contributed by atoms with Gasteiger partial charge in [0.25, 0.3) is 0 Å². The maximum atomic E-state index is 5.58. The number of benzene rings is 2. The summed E-state index contributed by atoms with van der Waals surface area (Å²) in [6.07, 6.45) is 0. The van der Waals surface area contributed by atoms with Crippen molar-refractivity contribution in [3.8, 4) is 16.9 Å². The van der Waals surface area contributed by atoms with Crippen LogP contribution < -0.4 is 4.74 Å². The molecule has 0 amide bonds. The van der Waals surface area contributed by atoms with E-state index in [2.05, 4.69) is 24.3 Å². The SMILES string of the molecule is ClCCOCCOc1ccc(-c2ccccc2)cc1. The van der Waals surface area contributed by atoms with Crippen LogP contribution in [0.4, 0.5) is 0 Å². The van der Waals surface area contributed by atoms with Gasteiger partial charge in [-0.1, -0.05) is 42.5 Å². The number of rotatable bonds is 7. The highest BCUT2D eigenvalue weighted by Crippen LogP contribution is 2.21. The molecule has 0 aliphatic rings. The monoisotopic (exact) mass is 276 g/mol. The quantitative estimate of drug-likeness (QED) is 0.562. The first kappa shape index (κ1) is 13.9. The van der Waals surface area contributed by atoms with Crippen LogP contribution in [0.2, 0.25) is 0 Å². The Balaban J connectivity index is 1.85. The predicted molar refractivity (Wildman–Crippen MR) is 78.9 cm³/mol. The highest BCUT2D eigenvalue weighted by molar-refractivity contribution is 6.17. The molecule has 0 radical (unpaired) electrons. The van der Waals surface area contributed by atoms with Crippen LogP contribution in [0.1, 0.15) is 0 Å². The Kier molecular flexibility index (Phi) is 5.73. The summed E-state index contributed by atoms with van der Waals surface area (Å²) < 4.78 is 10.8. The lowest BCUT2D eigenvalue weighted by atomic mass is 10.1. The molecule has 0 saturated carbocycles. The van der Waals surface area contributed by atoms with E-state index in [1.54, 1.807) is 0 Å². The zero-order valence-corrected chi connectivity index (χ0v) is 11.5. The van der Waals surface area contributed by atoms with Gasteiger partial charge >= 0.3 is 0 Å². The van der Waals surface area contributed by atoms with Crippen molar-refractivity contribution < 1.29 is 9.47 Å². The zero-order valence-electron chi connectivity index (χ0n) is 10.7. The summed E-state index contributed by atoms with van der Waals surface area (Å²) in [6, 6.07) is 18.3. The maximum absolute atomic E-state index is 5.58. The molecule has 0 spiro atoms. The summed E-state index contributed by atoms with van der Waals surface area (Å²) >= 11 is 5.51. The first-order valence-corrected chi connectivity index (χ1v) is 6.85. The van der Waals surface area contributed by atoms with Crippen LogP contribution in [0.15, 0.2) is 54.6 Å². The fraction of sp³-hybridized carbons (Fsp3) is 0.250. The molecule has 0 fully saturated rings. The Morgan fingerprint density at radius 2 is 1.42 bits per heavy atom. The van der Waals surface area contributed by atoms with Gasteiger partial charge in [-0.2, -0.15) is 0 Å². The van der Waals surface area contributed by atoms with Crippen LogP contribution in [0, 0.1) is 0 Å². The molecule has 0 N–H and O–H groups in total. The second-order valence-electron chi connectivity index (χ2n) is 4.04. The largest absolute Gasteiger partial charge is 0.491 e. The number of hydrogen-bond donors (Lipinski definition) is 0. The Labute approximate surface area is 118 Å². The molecule has 2 aromatic carbocycles. The van der Waals surface area contributed by atoms with Crippen molar-refractivity contribution in [2.45, 2.75) is 0 Å². The van der Waals surface area contributed by atoms with Gasteiger partial charge in [0.05, 0.1) is 13.2 Å². The van der Waals surface area contributed by atoms with E-state index in [1.807, 2.05) is 30.3 Å². The van der Waals surface area contributed by atoms with Gasteiger partial charge < -0.3 is 9.47 Å². The summed E-state index contributed by atoms with van der Waals surface area (Å²) in [5.41, 5.74) is 2.39. The average Bonchev–Trinajstić information content (AvgIpc) is 2.49. The lowest BCUT2D eigenvalue weighted by Gasteiger charge is -2.07. The second kappa shape index (κ2) is 7.82. The van der Waals surface area contributed by atoms with Gasteiger partial charge in [-0.15, -0.1) is 11.6 Å². The third-order valence-corrected chi connectivity index (χ3v) is 2.83. The zero-order chi connectivity index (χ0) is 13.3. The summed E-state index contributed by atoms with van der Waals surface area (Å²) in [5.74, 6) is 1.38. The molecule has 2 aromatic rings. The summed E-state index contributed by atoms with van der Waals surface area (Å²) in [7, 11) is 0. The average molecular weight is 277 g/mol. The highest BCUT2D eigenvalue weighted by Gasteiger charge is 1.98. The van der Waals surface area contributed by atoms with Crippen LogP contribution in [0.5, 0.6) is 5.75 Å². The predicted octanol–water partition coefficient (Wildman–Crippen LogP) is 3.99. The van der Waals surface area contributed by atoms with Gasteiger partial charge in [-0.3, -0.25) is 0 Å². The van der Waals surface area contributed by atoms with Gasteiger partial charge in [-0.25, -0.2) is 0 Å². The number of ether oxygens (including phenoxy) is 2. The number of hydrogen-bond acceptors (Lipinski definition) is 2. The van der Waals surface area contributed by atoms with E-state index in [9.17, 15) is 0 Å². The molecule has 0 atom stereocenters. The van der Waals surface area contributed by atoms with Crippen molar-refractivity contribution >= 4 is 11.6 Å². The molecule has 100 valence electrons. The van der Waals surface area contributed by atoms with Gasteiger partial charge in [0, 0.05) is 5.88 Å². The molecule has 0 unspecified atom stereocenters. The summed E-state index contributed by atoms with van der Waals surface area (Å²) in [6.45, 7) is 1.67. The standard InChI is InChI=1S/C16H17ClO2/c17-10-11-18-12-13-19-16-8-6-15(7-9-16)14-4-2-1-3-5-14/h1-9H,10-13H2. The molecule has 19 heavy (non-hydrogen) atoms. The van der Waals surface area contributed by atoms with Gasteiger partial charge in [0.1, 0.15) is 12.4 Å². The van der Waals surface area contributed by atoms with Crippen LogP contribution in [-0.4, -0.2) is 25.7 Å². The van der Waals surface area contributed by atoms with Crippen LogP contribution in [0.3, 0.4) is 0 Å². The molecule has 3 heteroatoms. The molecule has 0 aromatic heterocycles. The lowest BCUT2D eigenvalue weighted by molar-refractivity contribution is 0.111. The first-order valence-electron chi connectivity index (χ1n) is 6.32. The molecular formula is C16H17ClO2. The van der Waals surface area contributed by atoms with E-state index in [0.29, 0.717) is 25.7 Å². The Morgan fingerprint density at radius 3 is 2.11 bits per heavy atom. The minimum absolute atomic E-state index is 0.520. The van der Waals surface area contributed by atoms with Crippen LogP contribution in [-0.2, 0) is 4.74 Å². The summed E-state index contributed by atoms with van der Waals surface area (Å²) in [4.78, 5) is 0. The fourth-order valence-electron chi connectivity index (χ4n) is 1.75. The number of halogens is 1. The molecule has 0 aliphatic heterocycles. The van der Waals surface area contributed by atoms with Gasteiger partial charge in [0.15, 0.2) is 0 Å². The second-order valence-corrected chi connectivity index (χ2v) is 4.42. The third-order valence-electron chi connectivity index (χ3n) is 2.68. The maximum Gasteiger partial charge on any atom is 0.119 e. The third kappa shape index (κ3) is 4.58. The van der Waals surface area contributed by atoms with Crippen molar-refractivity contribution in [2.24, 2.45) is 0 Å². The normalized spacial score (nSPS) is 10.4. The van der Waals surface area contributed by atoms with Crippen molar-refractivity contribution in [2.75, 3.05) is 25.7 Å². The highest BCUT2D eigenvalue weighted by atomic mass is 35.5. The first-order chi connectivity index (χ1) is 9.40. The van der Waals surface area contributed by atoms with Crippen LogP contribution >= 0.6 is 11.6 Å². The Morgan fingerprint density at radius 1 is 0.737 bits per heavy atom. The Hall–Kier alpha value is -1.51. The van der Waals surface area contributed by atoms with Crippen molar-refractivity contribution in [3.05, 3.63) is 54.6 Å². The molecule has 0 bridgehead atoms. The molecule has 2 nitrogen and oxygen atoms in total. The van der Waals surface area contributed by atoms with E-state index in [-0.39, 0.29) is 0 Å². The van der Waals surface area contributed by atoms with E-state index >= 15 is 0 Å². The van der Waals surface area contributed by atoms with Crippen LogP contribution in [0.25, 0.3) is 11.1 Å². The van der Waals surface area contributed by atoms with Crippen molar-refractivity contribution in [3.63, 3.8) is 0 Å². The smallest absolute Gasteiger partial charge is 0.119 e. The van der Waals surface area contributed by atoms with E-state index in [1.165, 1.54) is 11.1 Å². The Bertz CT molecular complexity index is 468. The van der Waals surface area contributed by atoms with E-state index in [4.69, 9.17) is 21.1 Å². The topological polar surface area (TPSA) is 18.5 Å². The molecule has 0 aliphatic carbocycles. The van der Waals surface area contributed by atoms with Gasteiger partial charge in [0.2, 0.25) is 0 Å². The lowest BCUT2D eigenvalue weighted by Crippen LogP contribution is -2.07. The minimum atomic E-state index is 0.520. The minimum Gasteiger partial charge on any atom is -0.491 e. The molecule has 0 saturated heterocycles. The van der Waals surface area contributed by atoms with Crippen molar-refractivity contribution in [1.82, 2.24) is 0 Å². The van der Waals surface area contributed by atoms with E-state index < -0.39 is 0 Å². The molecular weight excluding hydrogens is 260 g/mol. The number of alkyl halides is 1. The van der Waals surface area contributed by atoms with E-state index in [0.717, 1.165) is 5.75 Å². The molecule has 0 heterocycles. The van der Waals surface area contributed by atoms with Crippen molar-refractivity contribution in [1.29, 1.82) is 0 Å². The molecule has 2 rings (SSSR count). The van der Waals surface area contributed by atoms with Gasteiger partial charge in [-0.05, 0) is 23.3 Å². The summed E-state index contributed by atoms with van der Waals surface area (Å²) in [5, 5.41) is 0. The fourth-order valence-corrected chi connectivity index (χ4v) is 1.86.